The number of hydrogen-bond acceptors (Lipinski definition) is 5. The van der Waals surface area contributed by atoms with Crippen molar-refractivity contribution < 1.29 is 9.53 Å². The molecule has 6 nitrogen and oxygen atoms in total. The van der Waals surface area contributed by atoms with Crippen molar-refractivity contribution in [3.63, 3.8) is 0 Å². The van der Waals surface area contributed by atoms with Crippen molar-refractivity contribution in [3.8, 4) is 5.75 Å². The Morgan fingerprint density at radius 1 is 1.13 bits per heavy atom. The van der Waals surface area contributed by atoms with Gasteiger partial charge in [0, 0.05) is 12.0 Å². The molecule has 0 aliphatic heterocycles. The van der Waals surface area contributed by atoms with Gasteiger partial charge in [0.15, 0.2) is 5.16 Å². The first-order valence-corrected chi connectivity index (χ1v) is 11.7. The van der Waals surface area contributed by atoms with Crippen LogP contribution in [0.1, 0.15) is 62.2 Å². The molecule has 1 aliphatic carbocycles. The number of ether oxygens (including phenoxy) is 1. The fourth-order valence-corrected chi connectivity index (χ4v) is 4.61. The van der Waals surface area contributed by atoms with E-state index in [2.05, 4.69) is 33.9 Å². The largest absolute Gasteiger partial charge is 0.492 e. The van der Waals surface area contributed by atoms with Crippen molar-refractivity contribution >= 4 is 23.4 Å². The number of aromatic nitrogens is 3. The second-order valence-electron chi connectivity index (χ2n) is 7.92. The molecule has 0 bridgehead atoms. The van der Waals surface area contributed by atoms with Gasteiger partial charge in [-0.15, -0.1) is 10.2 Å². The van der Waals surface area contributed by atoms with Gasteiger partial charge in [-0.05, 0) is 37.5 Å². The zero-order valence-electron chi connectivity index (χ0n) is 18.1. The Kier molecular flexibility index (Phi) is 6.61. The molecule has 7 heteroatoms. The third-order valence-electron chi connectivity index (χ3n) is 5.13. The lowest BCUT2D eigenvalue weighted by atomic mass is 10.1. The molecule has 0 radical (unpaired) electrons. The molecule has 1 amide bonds. The Morgan fingerprint density at radius 3 is 2.52 bits per heavy atom. The summed E-state index contributed by atoms with van der Waals surface area (Å²) in [7, 11) is 0. The van der Waals surface area contributed by atoms with Crippen molar-refractivity contribution in [1.82, 2.24) is 14.8 Å². The van der Waals surface area contributed by atoms with Crippen LogP contribution in [0.25, 0.3) is 0 Å². The van der Waals surface area contributed by atoms with Crippen LogP contribution < -0.4 is 10.1 Å². The van der Waals surface area contributed by atoms with Crippen LogP contribution in [-0.4, -0.2) is 27.3 Å². The fourth-order valence-electron chi connectivity index (χ4n) is 3.49. The highest BCUT2D eigenvalue weighted by atomic mass is 32.2. The van der Waals surface area contributed by atoms with Gasteiger partial charge in [0.25, 0.3) is 0 Å². The minimum Gasteiger partial charge on any atom is -0.492 e. The second-order valence-corrected chi connectivity index (χ2v) is 9.00. The van der Waals surface area contributed by atoms with Gasteiger partial charge in [-0.3, -0.25) is 4.79 Å². The Bertz CT molecular complexity index is 1030. The normalized spacial score (nSPS) is 14.5. The van der Waals surface area contributed by atoms with Gasteiger partial charge in [-0.2, -0.15) is 0 Å². The number of hydrogen-bond donors (Lipinski definition) is 1. The van der Waals surface area contributed by atoms with E-state index in [1.807, 2.05) is 61.5 Å². The molecule has 1 aromatic heterocycles. The molecular formula is C24H28N4O2S. The quantitative estimate of drug-likeness (QED) is 0.442. The number of anilines is 1. The number of carbonyl (C=O) groups excluding carboxylic acids is 1. The summed E-state index contributed by atoms with van der Waals surface area (Å²) in [5.74, 6) is 1.82. The van der Waals surface area contributed by atoms with Crippen LogP contribution in [0.15, 0.2) is 59.8 Å². The van der Waals surface area contributed by atoms with Gasteiger partial charge < -0.3 is 14.6 Å². The lowest BCUT2D eigenvalue weighted by molar-refractivity contribution is -0.115. The molecule has 2 aromatic carbocycles. The van der Waals surface area contributed by atoms with Crippen molar-refractivity contribution in [2.75, 3.05) is 11.9 Å². The zero-order chi connectivity index (χ0) is 21.8. The molecule has 31 heavy (non-hydrogen) atoms. The summed E-state index contributed by atoms with van der Waals surface area (Å²) in [6.45, 7) is 6.72. The first-order chi connectivity index (χ1) is 15.1. The standard InChI is InChI=1S/C24H28N4O2S/c1-4-30-20-13-9-8-12-19(20)25-23(29)21(17-10-6-5-7-11-17)31-24-27-26-22(16(2)3)28(24)18-14-15-18/h5-13,16,18,21H,4,14-15H2,1-3H3,(H,25,29). The molecule has 1 atom stereocenters. The molecule has 1 fully saturated rings. The lowest BCUT2D eigenvalue weighted by Crippen LogP contribution is -2.20. The molecule has 3 aromatic rings. The summed E-state index contributed by atoms with van der Waals surface area (Å²) in [4.78, 5) is 13.5. The Morgan fingerprint density at radius 2 is 1.84 bits per heavy atom. The van der Waals surface area contributed by atoms with E-state index < -0.39 is 5.25 Å². The number of para-hydroxylation sites is 2. The van der Waals surface area contributed by atoms with Crippen LogP contribution in [-0.2, 0) is 4.79 Å². The van der Waals surface area contributed by atoms with E-state index in [0.717, 1.165) is 29.4 Å². The molecule has 0 spiro atoms. The van der Waals surface area contributed by atoms with E-state index in [1.54, 1.807) is 0 Å². The van der Waals surface area contributed by atoms with E-state index in [4.69, 9.17) is 4.74 Å². The Balaban J connectivity index is 1.64. The van der Waals surface area contributed by atoms with Gasteiger partial charge >= 0.3 is 0 Å². The van der Waals surface area contributed by atoms with Crippen LogP contribution in [0.3, 0.4) is 0 Å². The monoisotopic (exact) mass is 436 g/mol. The van der Waals surface area contributed by atoms with E-state index in [9.17, 15) is 4.79 Å². The maximum Gasteiger partial charge on any atom is 0.242 e. The number of rotatable bonds is 9. The number of carbonyl (C=O) groups is 1. The predicted octanol–water partition coefficient (Wildman–Crippen LogP) is 5.61. The topological polar surface area (TPSA) is 69.0 Å². The van der Waals surface area contributed by atoms with Gasteiger partial charge in [-0.1, -0.05) is 68.1 Å². The third-order valence-corrected chi connectivity index (χ3v) is 6.34. The fraction of sp³-hybridized carbons (Fsp3) is 0.375. The first kappa shape index (κ1) is 21.4. The summed E-state index contributed by atoms with van der Waals surface area (Å²) in [6.07, 6.45) is 2.27. The molecule has 4 rings (SSSR count). The molecule has 1 aliphatic rings. The second kappa shape index (κ2) is 9.56. The zero-order valence-corrected chi connectivity index (χ0v) is 18.9. The molecular weight excluding hydrogens is 408 g/mol. The van der Waals surface area contributed by atoms with Crippen LogP contribution in [0.2, 0.25) is 0 Å². The van der Waals surface area contributed by atoms with E-state index in [1.165, 1.54) is 11.8 Å². The minimum absolute atomic E-state index is 0.111. The molecule has 1 N–H and O–H groups in total. The van der Waals surface area contributed by atoms with Crippen molar-refractivity contribution in [3.05, 3.63) is 66.0 Å². The van der Waals surface area contributed by atoms with E-state index >= 15 is 0 Å². The van der Waals surface area contributed by atoms with E-state index in [0.29, 0.717) is 24.1 Å². The molecule has 162 valence electrons. The summed E-state index contributed by atoms with van der Waals surface area (Å²) < 4.78 is 7.91. The van der Waals surface area contributed by atoms with Crippen LogP contribution in [0.4, 0.5) is 5.69 Å². The van der Waals surface area contributed by atoms with Gasteiger partial charge in [0.2, 0.25) is 5.91 Å². The van der Waals surface area contributed by atoms with Gasteiger partial charge in [0.05, 0.1) is 12.3 Å². The first-order valence-electron chi connectivity index (χ1n) is 10.8. The molecule has 0 saturated heterocycles. The minimum atomic E-state index is -0.461. The smallest absolute Gasteiger partial charge is 0.242 e. The summed E-state index contributed by atoms with van der Waals surface area (Å²) in [6, 6.07) is 17.8. The predicted molar refractivity (Wildman–Crippen MR) is 124 cm³/mol. The van der Waals surface area contributed by atoms with Crippen molar-refractivity contribution in [2.24, 2.45) is 0 Å². The van der Waals surface area contributed by atoms with Crippen molar-refractivity contribution in [1.29, 1.82) is 0 Å². The highest BCUT2D eigenvalue weighted by Crippen LogP contribution is 2.43. The average molecular weight is 437 g/mol. The van der Waals surface area contributed by atoms with Crippen molar-refractivity contribution in [2.45, 2.75) is 56.0 Å². The maximum atomic E-state index is 13.5. The highest BCUT2D eigenvalue weighted by Gasteiger charge is 2.33. The number of benzene rings is 2. The van der Waals surface area contributed by atoms with Crippen LogP contribution >= 0.6 is 11.8 Å². The number of nitrogens with zero attached hydrogens (tertiary/aromatic N) is 3. The number of thioether (sulfide) groups is 1. The third kappa shape index (κ3) is 4.93. The summed E-state index contributed by atoms with van der Waals surface area (Å²) in [5.41, 5.74) is 1.60. The summed E-state index contributed by atoms with van der Waals surface area (Å²) >= 11 is 1.46. The highest BCUT2D eigenvalue weighted by molar-refractivity contribution is 8.00. The Labute approximate surface area is 187 Å². The average Bonchev–Trinajstić information content (AvgIpc) is 3.52. The number of nitrogens with one attached hydrogen (secondary N) is 1. The lowest BCUT2D eigenvalue weighted by Gasteiger charge is -2.19. The van der Waals surface area contributed by atoms with Crippen LogP contribution in [0.5, 0.6) is 5.75 Å². The Hall–Kier alpha value is -2.80. The van der Waals surface area contributed by atoms with Gasteiger partial charge in [-0.25, -0.2) is 0 Å². The number of amides is 1. The molecule has 1 heterocycles. The maximum absolute atomic E-state index is 13.5. The van der Waals surface area contributed by atoms with Gasteiger partial charge in [0.1, 0.15) is 16.8 Å². The SMILES string of the molecule is CCOc1ccccc1NC(=O)C(Sc1nnc(C(C)C)n1C1CC1)c1ccccc1. The molecule has 1 saturated carbocycles. The van der Waals surface area contributed by atoms with E-state index in [-0.39, 0.29) is 11.8 Å². The van der Waals surface area contributed by atoms with Crippen LogP contribution in [0, 0.1) is 0 Å². The summed E-state index contributed by atoms with van der Waals surface area (Å²) in [5, 5.41) is 12.3. The molecule has 1 unspecified atom stereocenters.